The van der Waals surface area contributed by atoms with Gasteiger partial charge >= 0.3 is 0 Å². The fourth-order valence-corrected chi connectivity index (χ4v) is 2.29. The molecule has 0 aliphatic carbocycles. The van der Waals surface area contributed by atoms with Crippen LogP contribution in [0.25, 0.3) is 10.6 Å². The molecule has 0 aromatic carbocycles. The fourth-order valence-electron chi connectivity index (χ4n) is 1.42. The van der Waals surface area contributed by atoms with Crippen LogP contribution in [0.15, 0.2) is 29.8 Å². The number of hydrogen-bond acceptors (Lipinski definition) is 4. The van der Waals surface area contributed by atoms with Gasteiger partial charge in [-0.05, 0) is 35.6 Å². The minimum Gasteiger partial charge on any atom is -0.362 e. The number of nitrogens with one attached hydrogen (secondary N) is 2. The monoisotopic (exact) mass is 292 g/mol. The minimum absolute atomic E-state index is 0.521. The first-order chi connectivity index (χ1) is 9.15. The van der Waals surface area contributed by atoms with Crippen LogP contribution in [0.5, 0.6) is 0 Å². The zero-order chi connectivity index (χ0) is 13.7. The topological polar surface area (TPSA) is 49.8 Å². The predicted molar refractivity (Wildman–Crippen MR) is 84.4 cm³/mol. The standard InChI is InChI=1S/C13H16N4S2/c1-9(2)8-15-13(18)17-12-14-6-5-10(16-12)11-4-3-7-19-11/h3-7,9H,8H2,1-2H3,(H2,14,15,16,17,18). The van der Waals surface area contributed by atoms with Crippen LogP contribution in [0.3, 0.4) is 0 Å². The molecule has 2 aromatic rings. The third kappa shape index (κ3) is 4.25. The molecule has 100 valence electrons. The van der Waals surface area contributed by atoms with E-state index in [0.717, 1.165) is 17.1 Å². The summed E-state index contributed by atoms with van der Waals surface area (Å²) in [6.07, 6.45) is 1.73. The van der Waals surface area contributed by atoms with Gasteiger partial charge < -0.3 is 10.6 Å². The summed E-state index contributed by atoms with van der Waals surface area (Å²) in [7, 11) is 0. The first-order valence-electron chi connectivity index (χ1n) is 6.07. The van der Waals surface area contributed by atoms with E-state index in [0.29, 0.717) is 17.0 Å². The molecule has 0 unspecified atom stereocenters. The van der Waals surface area contributed by atoms with Crippen molar-refractivity contribution in [2.24, 2.45) is 5.92 Å². The van der Waals surface area contributed by atoms with Crippen LogP contribution in [0.1, 0.15) is 13.8 Å². The number of thiophene rings is 1. The van der Waals surface area contributed by atoms with Crippen LogP contribution in [-0.2, 0) is 0 Å². The maximum atomic E-state index is 5.20. The van der Waals surface area contributed by atoms with E-state index in [4.69, 9.17) is 12.2 Å². The molecular formula is C13H16N4S2. The number of aromatic nitrogens is 2. The van der Waals surface area contributed by atoms with Crippen molar-refractivity contribution in [1.82, 2.24) is 15.3 Å². The summed E-state index contributed by atoms with van der Waals surface area (Å²) in [5, 5.41) is 8.71. The summed E-state index contributed by atoms with van der Waals surface area (Å²) in [6, 6.07) is 5.93. The summed E-state index contributed by atoms with van der Waals surface area (Å²) in [5.74, 6) is 1.06. The third-order valence-corrected chi connectivity index (χ3v) is 3.46. The van der Waals surface area contributed by atoms with Gasteiger partial charge in [-0.1, -0.05) is 19.9 Å². The zero-order valence-corrected chi connectivity index (χ0v) is 12.5. The number of thiocarbonyl (C=S) groups is 1. The van der Waals surface area contributed by atoms with E-state index >= 15 is 0 Å². The number of rotatable bonds is 4. The largest absolute Gasteiger partial charge is 0.362 e. The van der Waals surface area contributed by atoms with E-state index in [1.807, 2.05) is 23.6 Å². The average molecular weight is 292 g/mol. The molecule has 0 saturated carbocycles. The lowest BCUT2D eigenvalue weighted by Gasteiger charge is -2.11. The predicted octanol–water partition coefficient (Wildman–Crippen LogP) is 3.15. The van der Waals surface area contributed by atoms with Crippen molar-refractivity contribution in [1.29, 1.82) is 0 Å². The second-order valence-electron chi connectivity index (χ2n) is 4.47. The van der Waals surface area contributed by atoms with Gasteiger partial charge in [0.05, 0.1) is 10.6 Å². The average Bonchev–Trinajstić information content (AvgIpc) is 2.90. The Hall–Kier alpha value is -1.53. The molecule has 0 fully saturated rings. The molecule has 2 rings (SSSR count). The molecule has 0 aliphatic heterocycles. The van der Waals surface area contributed by atoms with Crippen molar-refractivity contribution in [2.45, 2.75) is 13.8 Å². The Bertz CT molecular complexity index is 537. The Labute approximate surface area is 122 Å². The van der Waals surface area contributed by atoms with E-state index in [-0.39, 0.29) is 0 Å². The summed E-state index contributed by atoms with van der Waals surface area (Å²) < 4.78 is 0. The molecule has 4 nitrogen and oxygen atoms in total. The lowest BCUT2D eigenvalue weighted by molar-refractivity contribution is 0.627. The second-order valence-corrected chi connectivity index (χ2v) is 5.83. The van der Waals surface area contributed by atoms with Crippen molar-refractivity contribution in [3.63, 3.8) is 0 Å². The molecule has 6 heteroatoms. The number of anilines is 1. The van der Waals surface area contributed by atoms with E-state index in [9.17, 15) is 0 Å². The van der Waals surface area contributed by atoms with Gasteiger partial charge in [-0.2, -0.15) is 0 Å². The highest BCUT2D eigenvalue weighted by atomic mass is 32.1. The van der Waals surface area contributed by atoms with Gasteiger partial charge in [-0.15, -0.1) is 11.3 Å². The molecule has 0 bridgehead atoms. The van der Waals surface area contributed by atoms with Crippen molar-refractivity contribution in [3.8, 4) is 10.6 Å². The van der Waals surface area contributed by atoms with Gasteiger partial charge in [0.1, 0.15) is 0 Å². The lowest BCUT2D eigenvalue weighted by atomic mass is 10.2. The molecule has 2 N–H and O–H groups in total. The van der Waals surface area contributed by atoms with Gasteiger partial charge in [0.25, 0.3) is 0 Å². The molecule has 0 atom stereocenters. The first kappa shape index (κ1) is 13.9. The quantitative estimate of drug-likeness (QED) is 0.848. The number of hydrogen-bond donors (Lipinski definition) is 2. The molecule has 0 saturated heterocycles. The van der Waals surface area contributed by atoms with E-state index in [2.05, 4.69) is 34.4 Å². The molecule has 2 aromatic heterocycles. The summed E-state index contributed by atoms with van der Waals surface area (Å²) in [6.45, 7) is 5.09. The minimum atomic E-state index is 0.521. The molecule has 0 spiro atoms. The van der Waals surface area contributed by atoms with Crippen LogP contribution in [0.4, 0.5) is 5.95 Å². The van der Waals surface area contributed by atoms with Crippen LogP contribution in [0.2, 0.25) is 0 Å². The Morgan fingerprint density at radius 2 is 2.26 bits per heavy atom. The van der Waals surface area contributed by atoms with Gasteiger partial charge in [-0.25, -0.2) is 9.97 Å². The Morgan fingerprint density at radius 1 is 1.42 bits per heavy atom. The highest BCUT2D eigenvalue weighted by Crippen LogP contribution is 2.22. The molecule has 0 aliphatic rings. The third-order valence-electron chi connectivity index (χ3n) is 2.33. The normalized spacial score (nSPS) is 10.5. The Morgan fingerprint density at radius 3 is 2.95 bits per heavy atom. The SMILES string of the molecule is CC(C)CNC(=S)Nc1nccc(-c2cccs2)n1. The van der Waals surface area contributed by atoms with Crippen molar-refractivity contribution in [2.75, 3.05) is 11.9 Å². The smallest absolute Gasteiger partial charge is 0.229 e. The van der Waals surface area contributed by atoms with Crippen molar-refractivity contribution < 1.29 is 0 Å². The van der Waals surface area contributed by atoms with E-state index in [1.54, 1.807) is 17.5 Å². The summed E-state index contributed by atoms with van der Waals surface area (Å²) >= 11 is 6.85. The first-order valence-corrected chi connectivity index (χ1v) is 7.35. The summed E-state index contributed by atoms with van der Waals surface area (Å²) in [4.78, 5) is 9.73. The van der Waals surface area contributed by atoms with Gasteiger partial charge in [0, 0.05) is 12.7 Å². The van der Waals surface area contributed by atoms with E-state index in [1.165, 1.54) is 0 Å². The van der Waals surface area contributed by atoms with E-state index < -0.39 is 0 Å². The maximum Gasteiger partial charge on any atom is 0.229 e. The molecular weight excluding hydrogens is 276 g/mol. The summed E-state index contributed by atoms with van der Waals surface area (Å²) in [5.41, 5.74) is 0.902. The molecule has 2 heterocycles. The van der Waals surface area contributed by atoms with Crippen LogP contribution < -0.4 is 10.6 Å². The highest BCUT2D eigenvalue weighted by Gasteiger charge is 2.04. The van der Waals surface area contributed by atoms with Gasteiger partial charge in [0.15, 0.2) is 5.11 Å². The molecule has 0 amide bonds. The lowest BCUT2D eigenvalue weighted by Crippen LogP contribution is -2.32. The highest BCUT2D eigenvalue weighted by molar-refractivity contribution is 7.80. The Kier molecular flexibility index (Phi) is 4.81. The number of nitrogens with zero attached hydrogens (tertiary/aromatic N) is 2. The fraction of sp³-hybridized carbons (Fsp3) is 0.308. The van der Waals surface area contributed by atoms with Crippen LogP contribution in [-0.4, -0.2) is 21.6 Å². The van der Waals surface area contributed by atoms with Crippen molar-refractivity contribution >= 4 is 34.6 Å². The zero-order valence-electron chi connectivity index (χ0n) is 10.9. The molecule has 19 heavy (non-hydrogen) atoms. The Balaban J connectivity index is 2.01. The van der Waals surface area contributed by atoms with Crippen LogP contribution in [0, 0.1) is 5.92 Å². The van der Waals surface area contributed by atoms with Gasteiger partial charge in [-0.3, -0.25) is 0 Å². The van der Waals surface area contributed by atoms with Crippen LogP contribution >= 0.6 is 23.6 Å². The van der Waals surface area contributed by atoms with Gasteiger partial charge in [0.2, 0.25) is 5.95 Å². The molecule has 0 radical (unpaired) electrons. The second kappa shape index (κ2) is 6.58. The van der Waals surface area contributed by atoms with Crippen molar-refractivity contribution in [3.05, 3.63) is 29.8 Å². The maximum absolute atomic E-state index is 5.20.